The van der Waals surface area contributed by atoms with Gasteiger partial charge in [0.05, 0.1) is 16.7 Å². The maximum atomic E-state index is 6.59. The lowest BCUT2D eigenvalue weighted by atomic mass is 9.89. The second kappa shape index (κ2) is 11.8. The summed E-state index contributed by atoms with van der Waals surface area (Å²) in [6.45, 7) is 0. The first-order valence-electron chi connectivity index (χ1n) is 19.6. The van der Waals surface area contributed by atoms with Crippen LogP contribution in [-0.4, -0.2) is 19.5 Å². The van der Waals surface area contributed by atoms with E-state index in [4.69, 9.17) is 19.4 Å². The fraction of sp³-hybridized carbons (Fsp3) is 0. The quantitative estimate of drug-likeness (QED) is 0.169. The Kier molecular flexibility index (Phi) is 6.38. The molecule has 0 amide bonds. The summed E-state index contributed by atoms with van der Waals surface area (Å²) in [6, 6.07) is 64.4. The molecule has 12 aromatic rings. The molecule has 0 fully saturated rings. The summed E-state index contributed by atoms with van der Waals surface area (Å²) in [7, 11) is 0. The van der Waals surface area contributed by atoms with Crippen LogP contribution >= 0.6 is 0 Å². The summed E-state index contributed by atoms with van der Waals surface area (Å²) in [4.78, 5) is 15.6. The molecule has 13 rings (SSSR count). The molecule has 0 saturated carbocycles. The van der Waals surface area contributed by atoms with Crippen LogP contribution in [0, 0.1) is 0 Å². The number of nitrogens with zero attached hydrogens (tertiary/aromatic N) is 4. The van der Waals surface area contributed by atoms with Crippen LogP contribution in [0.2, 0.25) is 0 Å². The number of fused-ring (bicyclic) bond motifs is 8. The zero-order valence-corrected chi connectivity index (χ0v) is 31.0. The maximum absolute atomic E-state index is 6.59. The Balaban J connectivity index is 1.21. The van der Waals surface area contributed by atoms with Gasteiger partial charge in [-0.05, 0) is 74.8 Å². The lowest BCUT2D eigenvalue weighted by Crippen LogP contribution is -2.04. The molecule has 5 nitrogen and oxygen atoms in total. The van der Waals surface area contributed by atoms with Crippen molar-refractivity contribution in [2.75, 3.05) is 0 Å². The normalized spacial score (nSPS) is 12.1. The molecule has 0 spiro atoms. The Morgan fingerprint density at radius 3 is 1.79 bits per heavy atom. The highest BCUT2D eigenvalue weighted by atomic mass is 16.3. The third-order valence-corrected chi connectivity index (χ3v) is 11.9. The van der Waals surface area contributed by atoms with Crippen LogP contribution in [0.5, 0.6) is 0 Å². The molecular weight excluding hydrogens is 709 g/mol. The topological polar surface area (TPSA) is 56.7 Å². The number of rotatable bonds is 4. The molecule has 5 heteroatoms. The summed E-state index contributed by atoms with van der Waals surface area (Å²) in [5.74, 6) is 1.79. The first-order valence-corrected chi connectivity index (χ1v) is 19.6. The minimum atomic E-state index is 0.570. The largest absolute Gasteiger partial charge is 0.456 e. The summed E-state index contributed by atoms with van der Waals surface area (Å²) in [6.07, 6.45) is 0. The van der Waals surface area contributed by atoms with E-state index in [9.17, 15) is 0 Å². The highest BCUT2D eigenvalue weighted by Gasteiger charge is 2.28. The summed E-state index contributed by atoms with van der Waals surface area (Å²) in [5.41, 5.74) is 12.5. The minimum absolute atomic E-state index is 0.570. The highest BCUT2D eigenvalue weighted by Crippen LogP contribution is 2.52. The molecule has 0 atom stereocenters. The molecule has 0 unspecified atom stereocenters. The van der Waals surface area contributed by atoms with E-state index in [1.54, 1.807) is 0 Å². The van der Waals surface area contributed by atoms with Crippen LogP contribution in [0.15, 0.2) is 186 Å². The lowest BCUT2D eigenvalue weighted by Gasteiger charge is -2.17. The van der Waals surface area contributed by atoms with Crippen LogP contribution in [0.25, 0.3) is 127 Å². The molecule has 58 heavy (non-hydrogen) atoms. The zero-order chi connectivity index (χ0) is 37.9. The fourth-order valence-electron chi connectivity index (χ4n) is 9.46. The number of benzene rings is 9. The lowest BCUT2D eigenvalue weighted by molar-refractivity contribution is 0.669. The molecule has 1 aliphatic carbocycles. The molecule has 9 aromatic carbocycles. The van der Waals surface area contributed by atoms with Gasteiger partial charge >= 0.3 is 0 Å². The van der Waals surface area contributed by atoms with Crippen molar-refractivity contribution in [3.63, 3.8) is 0 Å². The Hall–Kier alpha value is -7.89. The van der Waals surface area contributed by atoms with Gasteiger partial charge in [0.25, 0.3) is 0 Å². The van der Waals surface area contributed by atoms with E-state index in [0.717, 1.165) is 55.3 Å². The molecule has 0 bridgehead atoms. The monoisotopic (exact) mass is 738 g/mol. The number of para-hydroxylation sites is 1. The molecule has 268 valence electrons. The van der Waals surface area contributed by atoms with Crippen LogP contribution in [-0.2, 0) is 0 Å². The van der Waals surface area contributed by atoms with Crippen molar-refractivity contribution in [3.8, 4) is 62.1 Å². The van der Waals surface area contributed by atoms with Crippen molar-refractivity contribution < 1.29 is 4.42 Å². The van der Waals surface area contributed by atoms with E-state index in [-0.39, 0.29) is 0 Å². The second-order valence-electron chi connectivity index (χ2n) is 15.1. The second-order valence-corrected chi connectivity index (χ2v) is 15.1. The number of furan rings is 1. The van der Waals surface area contributed by atoms with Gasteiger partial charge in [-0.3, -0.25) is 0 Å². The Bertz CT molecular complexity index is 3620. The Morgan fingerprint density at radius 1 is 0.362 bits per heavy atom. The number of hydrogen-bond donors (Lipinski definition) is 0. The van der Waals surface area contributed by atoms with Gasteiger partial charge in [-0.2, -0.15) is 0 Å². The summed E-state index contributed by atoms with van der Waals surface area (Å²) in [5, 5.41) is 9.55. The molecule has 3 heterocycles. The van der Waals surface area contributed by atoms with Crippen molar-refractivity contribution in [2.45, 2.75) is 0 Å². The summed E-state index contributed by atoms with van der Waals surface area (Å²) < 4.78 is 9.03. The van der Waals surface area contributed by atoms with Crippen molar-refractivity contribution >= 4 is 65.3 Å². The van der Waals surface area contributed by atoms with E-state index in [2.05, 4.69) is 138 Å². The van der Waals surface area contributed by atoms with Crippen LogP contribution in [0.1, 0.15) is 0 Å². The number of aromatic nitrogens is 4. The first-order chi connectivity index (χ1) is 28.8. The predicted molar refractivity (Wildman–Crippen MR) is 237 cm³/mol. The number of hydrogen-bond acceptors (Lipinski definition) is 4. The van der Waals surface area contributed by atoms with Gasteiger partial charge in [0.15, 0.2) is 17.5 Å². The van der Waals surface area contributed by atoms with Gasteiger partial charge in [0, 0.05) is 43.6 Å². The molecule has 1 aliphatic rings. The van der Waals surface area contributed by atoms with E-state index in [1.165, 1.54) is 54.6 Å². The fourth-order valence-corrected chi connectivity index (χ4v) is 9.46. The minimum Gasteiger partial charge on any atom is -0.456 e. The summed E-state index contributed by atoms with van der Waals surface area (Å²) >= 11 is 0. The van der Waals surface area contributed by atoms with Crippen molar-refractivity contribution in [3.05, 3.63) is 182 Å². The Morgan fingerprint density at radius 2 is 1.00 bits per heavy atom. The standard InChI is InChI=1S/C53H30N4O/c1-3-14-31(15-4-1)51-54-52(32-16-5-2-6-17-32)56-53(55-51)41-30-46-40(37-21-11-12-25-45(37)58-46)29-44(41)57-42-24-13-23-39-36-20-9-10-22-38(36)48-35-19-8-7-18-33(35)28-34-26-27-43(57)50(47(34)48)49(39)42/h1-30H. The van der Waals surface area contributed by atoms with E-state index < -0.39 is 0 Å². The zero-order valence-electron chi connectivity index (χ0n) is 31.0. The molecule has 0 saturated heterocycles. The van der Waals surface area contributed by atoms with E-state index >= 15 is 0 Å². The van der Waals surface area contributed by atoms with E-state index in [0.29, 0.717) is 17.5 Å². The van der Waals surface area contributed by atoms with Crippen LogP contribution < -0.4 is 0 Å². The third-order valence-electron chi connectivity index (χ3n) is 11.9. The van der Waals surface area contributed by atoms with Gasteiger partial charge in [0.1, 0.15) is 11.2 Å². The van der Waals surface area contributed by atoms with E-state index in [1.807, 2.05) is 48.5 Å². The predicted octanol–water partition coefficient (Wildman–Crippen LogP) is 13.8. The van der Waals surface area contributed by atoms with Crippen molar-refractivity contribution in [1.82, 2.24) is 19.5 Å². The molecular formula is C53H30N4O. The molecule has 0 aliphatic heterocycles. The van der Waals surface area contributed by atoms with Crippen LogP contribution in [0.3, 0.4) is 0 Å². The molecule has 3 aromatic heterocycles. The van der Waals surface area contributed by atoms with Gasteiger partial charge in [0.2, 0.25) is 0 Å². The smallest absolute Gasteiger partial charge is 0.166 e. The van der Waals surface area contributed by atoms with Gasteiger partial charge in [-0.15, -0.1) is 0 Å². The Labute approximate surface area is 332 Å². The SMILES string of the molecule is c1ccc(-c2nc(-c3ccccc3)nc(-c3cc4oc5ccccc5c4cc3-n3c4cccc5c4c4c6c(c7ccccc7cc6ccc43)-c3ccccc3-5)n2)cc1. The van der Waals surface area contributed by atoms with Crippen LogP contribution in [0.4, 0.5) is 0 Å². The molecule has 0 N–H and O–H groups in total. The van der Waals surface area contributed by atoms with Crippen molar-refractivity contribution in [1.29, 1.82) is 0 Å². The van der Waals surface area contributed by atoms with Gasteiger partial charge in [-0.1, -0.05) is 146 Å². The average molecular weight is 739 g/mol. The van der Waals surface area contributed by atoms with Gasteiger partial charge < -0.3 is 8.98 Å². The maximum Gasteiger partial charge on any atom is 0.166 e. The average Bonchev–Trinajstić information content (AvgIpc) is 3.79. The first kappa shape index (κ1) is 31.3. The highest BCUT2D eigenvalue weighted by molar-refractivity contribution is 6.33. The van der Waals surface area contributed by atoms with Gasteiger partial charge in [-0.25, -0.2) is 15.0 Å². The third kappa shape index (κ3) is 4.38. The molecule has 0 radical (unpaired) electrons. The van der Waals surface area contributed by atoms with Crippen molar-refractivity contribution in [2.24, 2.45) is 0 Å².